The zero-order valence-electron chi connectivity index (χ0n) is 8.87. The van der Waals surface area contributed by atoms with Crippen molar-refractivity contribution in [3.05, 3.63) is 33.4 Å². The third-order valence-electron chi connectivity index (χ3n) is 1.69. The van der Waals surface area contributed by atoms with Crippen molar-refractivity contribution in [2.24, 2.45) is 0 Å². The Labute approximate surface area is 109 Å². The second-order valence-corrected chi connectivity index (χ2v) is 4.60. The van der Waals surface area contributed by atoms with Crippen LogP contribution in [0.4, 0.5) is 5.82 Å². The maximum absolute atomic E-state index is 6.02. The van der Waals surface area contributed by atoms with Gasteiger partial charge >= 0.3 is 0 Å². The van der Waals surface area contributed by atoms with Gasteiger partial charge in [-0.05, 0) is 13.8 Å². The molecule has 1 heterocycles. The topological polar surface area (TPSA) is 51.8 Å². The molecule has 0 bridgehead atoms. The zero-order valence-corrected chi connectivity index (χ0v) is 11.2. The molecule has 3 nitrogen and oxygen atoms in total. The van der Waals surface area contributed by atoms with Crippen molar-refractivity contribution in [2.45, 2.75) is 18.9 Å². The van der Waals surface area contributed by atoms with Gasteiger partial charge in [0.1, 0.15) is 10.2 Å². The minimum absolute atomic E-state index is 0.279. The summed E-state index contributed by atoms with van der Waals surface area (Å²) in [5.74, 6) is 0.303. The Morgan fingerprint density at radius 3 is 2.62 bits per heavy atom. The van der Waals surface area contributed by atoms with E-state index >= 15 is 0 Å². The van der Waals surface area contributed by atoms with Crippen molar-refractivity contribution in [1.82, 2.24) is 9.97 Å². The summed E-state index contributed by atoms with van der Waals surface area (Å²) in [4.78, 5) is 8.90. The van der Waals surface area contributed by atoms with Gasteiger partial charge in [0.15, 0.2) is 5.82 Å². The molecule has 0 aliphatic carbocycles. The highest BCUT2D eigenvalue weighted by atomic mass is 35.5. The van der Waals surface area contributed by atoms with Crippen LogP contribution in [0.5, 0.6) is 0 Å². The number of nitrogen functional groups attached to an aromatic ring is 1. The van der Waals surface area contributed by atoms with Crippen LogP contribution >= 0.6 is 35.0 Å². The molecular weight excluding hydrogens is 265 g/mol. The van der Waals surface area contributed by atoms with Crippen molar-refractivity contribution < 1.29 is 0 Å². The summed E-state index contributed by atoms with van der Waals surface area (Å²) in [7, 11) is 0. The average Bonchev–Trinajstić information content (AvgIpc) is 2.27. The molecule has 0 spiro atoms. The van der Waals surface area contributed by atoms with Gasteiger partial charge < -0.3 is 5.73 Å². The number of aromatic nitrogens is 2. The van der Waals surface area contributed by atoms with Crippen molar-refractivity contribution in [1.29, 1.82) is 0 Å². The minimum Gasteiger partial charge on any atom is -0.381 e. The maximum atomic E-state index is 6.02. The maximum Gasteiger partial charge on any atom is 0.158 e. The second kappa shape index (κ2) is 6.13. The molecule has 0 radical (unpaired) electrons. The molecule has 1 aromatic rings. The summed E-state index contributed by atoms with van der Waals surface area (Å²) < 4.78 is 0. The minimum atomic E-state index is 0.279. The zero-order chi connectivity index (χ0) is 12.1. The lowest BCUT2D eigenvalue weighted by molar-refractivity contribution is 1.07. The van der Waals surface area contributed by atoms with E-state index in [0.717, 1.165) is 4.91 Å². The summed E-state index contributed by atoms with van der Waals surface area (Å²) in [6.07, 6.45) is 5.16. The molecule has 0 saturated heterocycles. The van der Waals surface area contributed by atoms with Crippen molar-refractivity contribution in [2.75, 3.05) is 5.73 Å². The number of halogens is 2. The van der Waals surface area contributed by atoms with Crippen LogP contribution < -0.4 is 5.73 Å². The normalized spacial score (nSPS) is 13.0. The van der Waals surface area contributed by atoms with E-state index in [-0.39, 0.29) is 5.15 Å². The number of hydrogen-bond donors (Lipinski definition) is 1. The Balaban J connectivity index is 2.96. The quantitative estimate of drug-likeness (QED) is 0.673. The molecule has 0 aromatic carbocycles. The molecule has 0 fully saturated rings. The van der Waals surface area contributed by atoms with Gasteiger partial charge in [-0.3, -0.25) is 0 Å². The third kappa shape index (κ3) is 3.40. The largest absolute Gasteiger partial charge is 0.381 e. The Morgan fingerprint density at radius 2 is 2.12 bits per heavy atom. The number of nitrogens with two attached hydrogens (primary N) is 1. The summed E-state index contributed by atoms with van der Waals surface area (Å²) >= 11 is 13.0. The van der Waals surface area contributed by atoms with E-state index in [9.17, 15) is 0 Å². The highest BCUT2D eigenvalue weighted by Gasteiger charge is 2.09. The lowest BCUT2D eigenvalue weighted by Gasteiger charge is -2.06. The molecule has 16 heavy (non-hydrogen) atoms. The highest BCUT2D eigenvalue weighted by Crippen LogP contribution is 2.34. The van der Waals surface area contributed by atoms with Crippen molar-refractivity contribution in [3.8, 4) is 0 Å². The molecular formula is C10H11Cl2N3S. The van der Waals surface area contributed by atoms with E-state index in [1.165, 1.54) is 18.0 Å². The number of hydrogen-bond acceptors (Lipinski definition) is 4. The SMILES string of the molecule is CC=C(Cl)C(=CC)Sc1ncc(Cl)nc1N. The van der Waals surface area contributed by atoms with Gasteiger partial charge in [0.25, 0.3) is 0 Å². The first kappa shape index (κ1) is 13.4. The number of thioether (sulfide) groups is 1. The van der Waals surface area contributed by atoms with Crippen LogP contribution in [0.2, 0.25) is 5.15 Å². The first-order valence-electron chi connectivity index (χ1n) is 4.52. The Bertz CT molecular complexity index is 444. The highest BCUT2D eigenvalue weighted by molar-refractivity contribution is 8.03. The van der Waals surface area contributed by atoms with Gasteiger partial charge in [0.2, 0.25) is 0 Å². The van der Waals surface area contributed by atoms with E-state index in [0.29, 0.717) is 15.9 Å². The van der Waals surface area contributed by atoms with Crippen LogP contribution in [0.15, 0.2) is 33.3 Å². The molecule has 6 heteroatoms. The van der Waals surface area contributed by atoms with Crippen LogP contribution in [0.1, 0.15) is 13.8 Å². The van der Waals surface area contributed by atoms with Crippen LogP contribution in [-0.2, 0) is 0 Å². The monoisotopic (exact) mass is 275 g/mol. The van der Waals surface area contributed by atoms with Crippen LogP contribution in [0.25, 0.3) is 0 Å². The van der Waals surface area contributed by atoms with Gasteiger partial charge in [0, 0.05) is 9.94 Å². The Kier molecular flexibility index (Phi) is 5.12. The number of anilines is 1. The van der Waals surface area contributed by atoms with Gasteiger partial charge in [-0.1, -0.05) is 47.1 Å². The smallest absolute Gasteiger partial charge is 0.158 e. The van der Waals surface area contributed by atoms with Crippen LogP contribution in [0.3, 0.4) is 0 Å². The predicted octanol–water partition coefficient (Wildman–Crippen LogP) is 3.85. The fourth-order valence-electron chi connectivity index (χ4n) is 0.940. The lowest BCUT2D eigenvalue weighted by Crippen LogP contribution is -1.96. The lowest BCUT2D eigenvalue weighted by atomic mass is 10.4. The molecule has 0 aliphatic heterocycles. The number of allylic oxidation sites excluding steroid dienone is 3. The third-order valence-corrected chi connectivity index (χ3v) is 3.59. The molecule has 0 saturated carbocycles. The van der Waals surface area contributed by atoms with Crippen LogP contribution in [0, 0.1) is 0 Å². The Morgan fingerprint density at radius 1 is 1.44 bits per heavy atom. The Hall–Kier alpha value is -0.710. The van der Waals surface area contributed by atoms with E-state index in [1.54, 1.807) is 0 Å². The molecule has 0 atom stereocenters. The standard InChI is InChI=1S/C10H11Cl2N3S/c1-3-6(11)7(4-2)16-10-9(13)15-8(12)5-14-10/h3-5H,1-2H3,(H2,13,15). The molecule has 1 aromatic heterocycles. The van der Waals surface area contributed by atoms with E-state index < -0.39 is 0 Å². The molecule has 0 aliphatic rings. The van der Waals surface area contributed by atoms with Crippen LogP contribution in [-0.4, -0.2) is 9.97 Å². The average molecular weight is 276 g/mol. The molecule has 0 unspecified atom stereocenters. The van der Waals surface area contributed by atoms with Gasteiger partial charge in [0.05, 0.1) is 6.20 Å². The molecule has 0 amide bonds. The number of nitrogens with zero attached hydrogens (tertiary/aromatic N) is 2. The van der Waals surface area contributed by atoms with E-state index in [2.05, 4.69) is 9.97 Å². The summed E-state index contributed by atoms with van der Waals surface area (Å²) in [6, 6.07) is 0. The summed E-state index contributed by atoms with van der Waals surface area (Å²) in [5.41, 5.74) is 5.70. The fourth-order valence-corrected chi connectivity index (χ4v) is 2.10. The summed E-state index contributed by atoms with van der Waals surface area (Å²) in [6.45, 7) is 3.76. The van der Waals surface area contributed by atoms with Gasteiger partial charge in [-0.15, -0.1) is 0 Å². The second-order valence-electron chi connectivity index (χ2n) is 2.77. The van der Waals surface area contributed by atoms with Gasteiger partial charge in [-0.25, -0.2) is 9.97 Å². The van der Waals surface area contributed by atoms with E-state index in [1.807, 2.05) is 26.0 Å². The molecule has 1 rings (SSSR count). The first-order chi connectivity index (χ1) is 7.58. The van der Waals surface area contributed by atoms with Gasteiger partial charge in [-0.2, -0.15) is 0 Å². The van der Waals surface area contributed by atoms with E-state index in [4.69, 9.17) is 28.9 Å². The summed E-state index contributed by atoms with van der Waals surface area (Å²) in [5, 5.41) is 1.53. The molecule has 86 valence electrons. The number of rotatable bonds is 3. The van der Waals surface area contributed by atoms with Crippen molar-refractivity contribution in [3.63, 3.8) is 0 Å². The van der Waals surface area contributed by atoms with Crippen molar-refractivity contribution >= 4 is 40.8 Å². The predicted molar refractivity (Wildman–Crippen MR) is 70.7 cm³/mol. The molecule has 2 N–H and O–H groups in total. The fraction of sp³-hybridized carbons (Fsp3) is 0.200. The first-order valence-corrected chi connectivity index (χ1v) is 6.10.